The number of phenolic OH excluding ortho intramolecular Hbond substituents is 1. The third-order valence-electron chi connectivity index (χ3n) is 4.44. The van der Waals surface area contributed by atoms with Crippen molar-refractivity contribution in [1.82, 2.24) is 5.32 Å². The van der Waals surface area contributed by atoms with Crippen molar-refractivity contribution in [3.63, 3.8) is 0 Å². The summed E-state index contributed by atoms with van der Waals surface area (Å²) in [5.41, 5.74) is 1.37. The number of halogens is 2. The topological polar surface area (TPSA) is 52.6 Å². The van der Waals surface area contributed by atoms with Gasteiger partial charge in [-0.05, 0) is 42.2 Å². The molecule has 6 heteroatoms. The molecule has 132 valence electrons. The molecule has 0 saturated carbocycles. The van der Waals surface area contributed by atoms with Crippen molar-refractivity contribution in [2.24, 2.45) is 5.92 Å². The highest BCUT2D eigenvalue weighted by Crippen LogP contribution is 2.26. The van der Waals surface area contributed by atoms with Crippen molar-refractivity contribution in [3.05, 3.63) is 58.9 Å². The Morgan fingerprint density at radius 2 is 2.12 bits per heavy atom. The summed E-state index contributed by atoms with van der Waals surface area (Å²) in [7, 11) is 0. The number of hydrogen-bond acceptors (Lipinski definition) is 3. The van der Waals surface area contributed by atoms with Crippen molar-refractivity contribution in [2.45, 2.75) is 12.8 Å². The van der Waals surface area contributed by atoms with Gasteiger partial charge in [-0.3, -0.25) is 4.79 Å². The van der Waals surface area contributed by atoms with E-state index < -0.39 is 0 Å². The van der Waals surface area contributed by atoms with E-state index in [1.165, 1.54) is 12.1 Å². The van der Waals surface area contributed by atoms with Gasteiger partial charge in [0.25, 0.3) is 0 Å². The van der Waals surface area contributed by atoms with Crippen LogP contribution in [0.1, 0.15) is 12.0 Å². The summed E-state index contributed by atoms with van der Waals surface area (Å²) < 4.78 is 13.8. The molecular formula is C19H20ClFN2O2. The maximum atomic E-state index is 13.8. The van der Waals surface area contributed by atoms with E-state index in [4.69, 9.17) is 11.6 Å². The lowest BCUT2D eigenvalue weighted by molar-refractivity contribution is -0.120. The smallest absolute Gasteiger partial charge is 0.224 e. The van der Waals surface area contributed by atoms with E-state index in [-0.39, 0.29) is 28.9 Å². The molecule has 0 aromatic heterocycles. The van der Waals surface area contributed by atoms with Crippen LogP contribution in [0.15, 0.2) is 42.5 Å². The number of hydrogen-bond donors (Lipinski definition) is 2. The summed E-state index contributed by atoms with van der Waals surface area (Å²) in [5.74, 6) is -0.000490. The zero-order valence-electron chi connectivity index (χ0n) is 13.7. The maximum absolute atomic E-state index is 13.8. The van der Waals surface area contributed by atoms with Gasteiger partial charge in [-0.15, -0.1) is 0 Å². The van der Waals surface area contributed by atoms with E-state index in [0.717, 1.165) is 25.1 Å². The molecule has 2 N–H and O–H groups in total. The minimum absolute atomic E-state index is 0.00464. The molecule has 1 aliphatic rings. The van der Waals surface area contributed by atoms with Crippen LogP contribution in [0.2, 0.25) is 5.02 Å². The van der Waals surface area contributed by atoms with Crippen LogP contribution >= 0.6 is 11.6 Å². The van der Waals surface area contributed by atoms with Gasteiger partial charge in [0.2, 0.25) is 5.91 Å². The Labute approximate surface area is 151 Å². The first-order chi connectivity index (χ1) is 12.0. The maximum Gasteiger partial charge on any atom is 0.224 e. The zero-order chi connectivity index (χ0) is 17.8. The second-order valence-electron chi connectivity index (χ2n) is 6.32. The Hall–Kier alpha value is -2.27. The number of benzene rings is 2. The number of amides is 1. The molecular weight excluding hydrogens is 343 g/mol. The van der Waals surface area contributed by atoms with Crippen LogP contribution < -0.4 is 10.2 Å². The van der Waals surface area contributed by atoms with Crippen LogP contribution in [-0.2, 0) is 11.2 Å². The first-order valence-electron chi connectivity index (χ1n) is 8.26. The molecule has 4 nitrogen and oxygen atoms in total. The second kappa shape index (κ2) is 7.74. The van der Waals surface area contributed by atoms with Crippen molar-refractivity contribution in [3.8, 4) is 5.75 Å². The second-order valence-corrected chi connectivity index (χ2v) is 6.73. The van der Waals surface area contributed by atoms with E-state index in [0.29, 0.717) is 18.2 Å². The first kappa shape index (κ1) is 17.5. The molecule has 0 bridgehead atoms. The van der Waals surface area contributed by atoms with Crippen molar-refractivity contribution in [1.29, 1.82) is 0 Å². The Morgan fingerprint density at radius 1 is 1.32 bits per heavy atom. The number of phenols is 1. The normalized spacial score (nSPS) is 16.9. The Balaban J connectivity index is 1.48. The molecule has 2 aromatic carbocycles. The summed E-state index contributed by atoms with van der Waals surface area (Å²) in [4.78, 5) is 14.1. The predicted octanol–water partition coefficient (Wildman–Crippen LogP) is 3.37. The molecule has 0 radical (unpaired) electrons. The largest absolute Gasteiger partial charge is 0.506 e. The van der Waals surface area contributed by atoms with Gasteiger partial charge in [-0.2, -0.15) is 0 Å². The lowest BCUT2D eigenvalue weighted by Crippen LogP contribution is -2.32. The monoisotopic (exact) mass is 362 g/mol. The molecule has 0 aliphatic carbocycles. The van der Waals surface area contributed by atoms with Gasteiger partial charge in [0.1, 0.15) is 11.6 Å². The van der Waals surface area contributed by atoms with E-state index in [2.05, 4.69) is 5.32 Å². The molecule has 1 fully saturated rings. The number of para-hydroxylation sites is 1. The van der Waals surface area contributed by atoms with Gasteiger partial charge in [0.15, 0.2) is 0 Å². The molecule has 1 saturated heterocycles. The van der Waals surface area contributed by atoms with Crippen LogP contribution in [0.4, 0.5) is 10.1 Å². The molecule has 1 atom stereocenters. The summed E-state index contributed by atoms with van der Waals surface area (Å²) in [6.07, 6.45) is 1.13. The summed E-state index contributed by atoms with van der Waals surface area (Å²) in [6, 6.07) is 11.5. The third kappa shape index (κ3) is 4.42. The van der Waals surface area contributed by atoms with Crippen LogP contribution in [0.5, 0.6) is 5.75 Å². The number of nitrogens with zero attached hydrogens (tertiary/aromatic N) is 1. The van der Waals surface area contributed by atoms with E-state index >= 15 is 0 Å². The number of carbonyl (C=O) groups is 1. The van der Waals surface area contributed by atoms with Crippen molar-refractivity contribution in [2.75, 3.05) is 24.5 Å². The fourth-order valence-corrected chi connectivity index (χ4v) is 3.30. The Kier molecular flexibility index (Phi) is 5.43. The number of aromatic hydroxyl groups is 1. The van der Waals surface area contributed by atoms with Gasteiger partial charge in [0.05, 0.1) is 17.1 Å². The molecule has 1 aliphatic heterocycles. The first-order valence-corrected chi connectivity index (χ1v) is 8.64. The van der Waals surface area contributed by atoms with E-state index in [1.807, 2.05) is 11.0 Å². The minimum atomic E-state index is -0.212. The average molecular weight is 363 g/mol. The highest BCUT2D eigenvalue weighted by molar-refractivity contribution is 6.32. The standard InChI is InChI=1S/C19H20ClFN2O2/c20-15-9-13(5-6-18(15)24)10-19(25)22-11-14-7-8-23(12-14)17-4-2-1-3-16(17)21/h1-6,9,14,24H,7-8,10-12H2,(H,22,25)/t14-/m1/s1. The summed E-state index contributed by atoms with van der Waals surface area (Å²) in [6.45, 7) is 2.08. The van der Waals surface area contributed by atoms with Gasteiger partial charge in [0, 0.05) is 19.6 Å². The molecule has 0 spiro atoms. The predicted molar refractivity (Wildman–Crippen MR) is 96.6 cm³/mol. The highest BCUT2D eigenvalue weighted by atomic mass is 35.5. The number of anilines is 1. The van der Waals surface area contributed by atoms with Crippen LogP contribution in [0.3, 0.4) is 0 Å². The van der Waals surface area contributed by atoms with Crippen LogP contribution in [-0.4, -0.2) is 30.6 Å². The fourth-order valence-electron chi connectivity index (χ4n) is 3.09. The van der Waals surface area contributed by atoms with Gasteiger partial charge >= 0.3 is 0 Å². The van der Waals surface area contributed by atoms with Crippen molar-refractivity contribution >= 4 is 23.2 Å². The van der Waals surface area contributed by atoms with Gasteiger partial charge in [-0.25, -0.2) is 4.39 Å². The van der Waals surface area contributed by atoms with Crippen molar-refractivity contribution < 1.29 is 14.3 Å². The quantitative estimate of drug-likeness (QED) is 0.857. The van der Waals surface area contributed by atoms with Gasteiger partial charge < -0.3 is 15.3 Å². The van der Waals surface area contributed by atoms with E-state index in [1.54, 1.807) is 24.3 Å². The Morgan fingerprint density at radius 3 is 2.88 bits per heavy atom. The fraction of sp³-hybridized carbons (Fsp3) is 0.316. The average Bonchev–Trinajstić information content (AvgIpc) is 3.05. The SMILES string of the molecule is O=C(Cc1ccc(O)c(Cl)c1)NC[C@H]1CCN(c2ccccc2F)C1. The zero-order valence-corrected chi connectivity index (χ0v) is 14.5. The Bertz CT molecular complexity index is 769. The molecule has 1 heterocycles. The molecule has 3 rings (SSSR count). The van der Waals surface area contributed by atoms with E-state index in [9.17, 15) is 14.3 Å². The molecule has 25 heavy (non-hydrogen) atoms. The highest BCUT2D eigenvalue weighted by Gasteiger charge is 2.24. The van der Waals surface area contributed by atoms with Crippen LogP contribution in [0, 0.1) is 11.7 Å². The summed E-state index contributed by atoms with van der Waals surface area (Å²) >= 11 is 5.85. The molecule has 0 unspecified atom stereocenters. The number of carbonyl (C=O) groups excluding carboxylic acids is 1. The molecule has 2 aromatic rings. The van der Waals surface area contributed by atoms with Crippen LogP contribution in [0.25, 0.3) is 0 Å². The van der Waals surface area contributed by atoms with Gasteiger partial charge in [-0.1, -0.05) is 29.8 Å². The number of rotatable bonds is 5. The third-order valence-corrected chi connectivity index (χ3v) is 4.75. The molecule has 1 amide bonds. The summed E-state index contributed by atoms with van der Waals surface area (Å²) in [5, 5.41) is 12.6. The number of nitrogens with one attached hydrogen (secondary N) is 1. The lowest BCUT2D eigenvalue weighted by Gasteiger charge is -2.19. The lowest BCUT2D eigenvalue weighted by atomic mass is 10.1. The minimum Gasteiger partial charge on any atom is -0.506 e.